The van der Waals surface area contributed by atoms with Gasteiger partial charge in [0.1, 0.15) is 12.1 Å². The molecule has 1 aliphatic heterocycles. The normalized spacial score (nSPS) is 24.1. The summed E-state index contributed by atoms with van der Waals surface area (Å²) in [5, 5.41) is 2.83. The molecule has 2 amide bonds. The van der Waals surface area contributed by atoms with Crippen LogP contribution in [-0.2, 0) is 9.59 Å². The average Bonchev–Trinajstić information content (AvgIpc) is 2.47. The van der Waals surface area contributed by atoms with Crippen LogP contribution in [0, 0.1) is 11.8 Å². The first-order valence-corrected chi connectivity index (χ1v) is 7.57. The molecule has 3 unspecified atom stereocenters. The summed E-state index contributed by atoms with van der Waals surface area (Å²) in [4.78, 5) is 26.7. The third kappa shape index (κ3) is 3.26. The SMILES string of the molecule is CC(C)C(C)CN1C(=O)C(c2ccccc2)NC(=O)C1C. The molecule has 2 rings (SSSR count). The van der Waals surface area contributed by atoms with E-state index in [0.29, 0.717) is 18.4 Å². The van der Waals surface area contributed by atoms with E-state index >= 15 is 0 Å². The first-order chi connectivity index (χ1) is 9.91. The zero-order valence-electron chi connectivity index (χ0n) is 13.2. The lowest BCUT2D eigenvalue weighted by Gasteiger charge is -2.39. The van der Waals surface area contributed by atoms with Crippen LogP contribution in [0.15, 0.2) is 30.3 Å². The Morgan fingerprint density at radius 2 is 1.76 bits per heavy atom. The molecule has 4 heteroatoms. The summed E-state index contributed by atoms with van der Waals surface area (Å²) in [7, 11) is 0. The molecule has 0 radical (unpaired) electrons. The van der Waals surface area contributed by atoms with E-state index in [1.54, 1.807) is 11.8 Å². The topological polar surface area (TPSA) is 49.4 Å². The third-order valence-electron chi connectivity index (χ3n) is 4.42. The summed E-state index contributed by atoms with van der Waals surface area (Å²) in [6.07, 6.45) is 0. The van der Waals surface area contributed by atoms with E-state index in [-0.39, 0.29) is 11.8 Å². The van der Waals surface area contributed by atoms with Crippen molar-refractivity contribution in [1.82, 2.24) is 10.2 Å². The van der Waals surface area contributed by atoms with Crippen molar-refractivity contribution >= 4 is 11.8 Å². The van der Waals surface area contributed by atoms with Gasteiger partial charge >= 0.3 is 0 Å². The molecule has 114 valence electrons. The first-order valence-electron chi connectivity index (χ1n) is 7.57. The van der Waals surface area contributed by atoms with Gasteiger partial charge in [0, 0.05) is 6.54 Å². The number of hydrogen-bond donors (Lipinski definition) is 1. The van der Waals surface area contributed by atoms with Crippen molar-refractivity contribution in [3.05, 3.63) is 35.9 Å². The van der Waals surface area contributed by atoms with Crippen molar-refractivity contribution in [3.8, 4) is 0 Å². The number of benzene rings is 1. The van der Waals surface area contributed by atoms with Crippen LogP contribution in [0.3, 0.4) is 0 Å². The van der Waals surface area contributed by atoms with E-state index in [1.165, 1.54) is 0 Å². The molecule has 1 aliphatic rings. The molecule has 0 bridgehead atoms. The molecular formula is C17H24N2O2. The zero-order valence-corrected chi connectivity index (χ0v) is 13.2. The molecule has 0 aliphatic carbocycles. The fourth-order valence-corrected chi connectivity index (χ4v) is 2.46. The van der Waals surface area contributed by atoms with E-state index < -0.39 is 12.1 Å². The summed E-state index contributed by atoms with van der Waals surface area (Å²) in [5.41, 5.74) is 0.838. The van der Waals surface area contributed by atoms with Gasteiger partial charge in [-0.2, -0.15) is 0 Å². The largest absolute Gasteiger partial charge is 0.339 e. The Labute approximate surface area is 126 Å². The number of rotatable bonds is 4. The number of carbonyl (C=O) groups excluding carboxylic acids is 2. The van der Waals surface area contributed by atoms with Crippen LogP contribution in [-0.4, -0.2) is 29.3 Å². The number of nitrogens with one attached hydrogen (secondary N) is 1. The Hall–Kier alpha value is -1.84. The molecular weight excluding hydrogens is 264 g/mol. The van der Waals surface area contributed by atoms with Crippen LogP contribution in [0.25, 0.3) is 0 Å². The van der Waals surface area contributed by atoms with Gasteiger partial charge in [-0.3, -0.25) is 9.59 Å². The standard InChI is InChI=1S/C17H24N2O2/c1-11(2)12(3)10-19-13(4)16(20)18-15(17(19)21)14-8-6-5-7-9-14/h5-9,11-13,15H,10H2,1-4H3,(H,18,20). The lowest BCUT2D eigenvalue weighted by atomic mass is 9.94. The zero-order chi connectivity index (χ0) is 15.6. The van der Waals surface area contributed by atoms with Crippen molar-refractivity contribution in [3.63, 3.8) is 0 Å². The van der Waals surface area contributed by atoms with Crippen molar-refractivity contribution in [2.75, 3.05) is 6.54 Å². The molecule has 0 aromatic heterocycles. The van der Waals surface area contributed by atoms with Crippen molar-refractivity contribution in [2.24, 2.45) is 11.8 Å². The molecule has 1 N–H and O–H groups in total. The number of nitrogens with zero attached hydrogens (tertiary/aromatic N) is 1. The van der Waals surface area contributed by atoms with Gasteiger partial charge in [-0.25, -0.2) is 0 Å². The Balaban J connectivity index is 2.23. The fourth-order valence-electron chi connectivity index (χ4n) is 2.46. The minimum atomic E-state index is -0.561. The van der Waals surface area contributed by atoms with Gasteiger partial charge < -0.3 is 10.2 Å². The highest BCUT2D eigenvalue weighted by Crippen LogP contribution is 2.24. The van der Waals surface area contributed by atoms with Gasteiger partial charge in [0.25, 0.3) is 0 Å². The van der Waals surface area contributed by atoms with E-state index in [0.717, 1.165) is 5.56 Å². The minimum Gasteiger partial charge on any atom is -0.339 e. The predicted molar refractivity (Wildman–Crippen MR) is 82.5 cm³/mol. The second-order valence-corrected chi connectivity index (χ2v) is 6.24. The Morgan fingerprint density at radius 3 is 2.33 bits per heavy atom. The Bertz CT molecular complexity index is 513. The molecule has 4 nitrogen and oxygen atoms in total. The van der Waals surface area contributed by atoms with E-state index in [9.17, 15) is 9.59 Å². The van der Waals surface area contributed by atoms with Gasteiger partial charge in [0.05, 0.1) is 0 Å². The van der Waals surface area contributed by atoms with Gasteiger partial charge in [0.2, 0.25) is 11.8 Å². The van der Waals surface area contributed by atoms with Gasteiger partial charge in [-0.15, -0.1) is 0 Å². The smallest absolute Gasteiger partial charge is 0.250 e. The monoisotopic (exact) mass is 288 g/mol. The highest BCUT2D eigenvalue weighted by Gasteiger charge is 2.39. The number of piperazine rings is 1. The van der Waals surface area contributed by atoms with Crippen LogP contribution in [0.2, 0.25) is 0 Å². The molecule has 1 aromatic carbocycles. The maximum atomic E-state index is 12.8. The third-order valence-corrected chi connectivity index (χ3v) is 4.42. The van der Waals surface area contributed by atoms with E-state index in [2.05, 4.69) is 26.1 Å². The van der Waals surface area contributed by atoms with Gasteiger partial charge in [-0.1, -0.05) is 51.1 Å². The predicted octanol–water partition coefficient (Wildman–Crippen LogP) is 2.37. The number of hydrogen-bond acceptors (Lipinski definition) is 2. The Kier molecular flexibility index (Phi) is 4.66. The molecule has 1 saturated heterocycles. The second-order valence-electron chi connectivity index (χ2n) is 6.24. The minimum absolute atomic E-state index is 0.0131. The quantitative estimate of drug-likeness (QED) is 0.924. The first kappa shape index (κ1) is 15.5. The van der Waals surface area contributed by atoms with Crippen molar-refractivity contribution in [1.29, 1.82) is 0 Å². The maximum absolute atomic E-state index is 12.8. The van der Waals surface area contributed by atoms with Gasteiger partial charge in [-0.05, 0) is 24.3 Å². The van der Waals surface area contributed by atoms with Crippen LogP contribution in [0.1, 0.15) is 39.3 Å². The van der Waals surface area contributed by atoms with Crippen LogP contribution >= 0.6 is 0 Å². The number of carbonyl (C=O) groups is 2. The summed E-state index contributed by atoms with van der Waals surface area (Å²) in [6.45, 7) is 8.81. The van der Waals surface area contributed by atoms with Crippen LogP contribution in [0.5, 0.6) is 0 Å². The van der Waals surface area contributed by atoms with Crippen molar-refractivity contribution in [2.45, 2.75) is 39.8 Å². The van der Waals surface area contributed by atoms with E-state index in [4.69, 9.17) is 0 Å². The highest BCUT2D eigenvalue weighted by molar-refractivity contribution is 5.97. The van der Waals surface area contributed by atoms with E-state index in [1.807, 2.05) is 30.3 Å². The summed E-state index contributed by atoms with van der Waals surface area (Å²) in [5.74, 6) is 0.740. The highest BCUT2D eigenvalue weighted by atomic mass is 16.2. The summed E-state index contributed by atoms with van der Waals surface area (Å²) < 4.78 is 0. The molecule has 1 aromatic rings. The molecule has 3 atom stereocenters. The van der Waals surface area contributed by atoms with Crippen LogP contribution < -0.4 is 5.32 Å². The second kappa shape index (κ2) is 6.29. The fraction of sp³-hybridized carbons (Fsp3) is 0.529. The molecule has 1 heterocycles. The maximum Gasteiger partial charge on any atom is 0.250 e. The van der Waals surface area contributed by atoms with Gasteiger partial charge in [0.15, 0.2) is 0 Å². The molecule has 0 saturated carbocycles. The average molecular weight is 288 g/mol. The lowest BCUT2D eigenvalue weighted by molar-refractivity contribution is -0.149. The van der Waals surface area contributed by atoms with Crippen LogP contribution in [0.4, 0.5) is 0 Å². The lowest BCUT2D eigenvalue weighted by Crippen LogP contribution is -2.59. The summed E-state index contributed by atoms with van der Waals surface area (Å²) in [6, 6.07) is 8.46. The molecule has 0 spiro atoms. The molecule has 21 heavy (non-hydrogen) atoms. The van der Waals surface area contributed by atoms with Crippen molar-refractivity contribution < 1.29 is 9.59 Å². The number of amides is 2. The Morgan fingerprint density at radius 1 is 1.14 bits per heavy atom. The molecule has 1 fully saturated rings. The summed E-state index contributed by atoms with van der Waals surface area (Å²) >= 11 is 0.